The molecule has 100 valence electrons. The van der Waals surface area contributed by atoms with Crippen LogP contribution in [0.1, 0.15) is 12.0 Å². The lowest BCUT2D eigenvalue weighted by molar-refractivity contribution is 0.0689. The summed E-state index contributed by atoms with van der Waals surface area (Å²) in [4.78, 5) is 12.9. The SMILES string of the molecule is CN(CC(O)CCO)C(=O)OCc1ccccc1. The molecule has 1 atom stereocenters. The van der Waals surface area contributed by atoms with Gasteiger partial charge in [0, 0.05) is 20.2 Å². The van der Waals surface area contributed by atoms with E-state index >= 15 is 0 Å². The fourth-order valence-corrected chi connectivity index (χ4v) is 1.46. The van der Waals surface area contributed by atoms with Crippen LogP contribution in [0.15, 0.2) is 30.3 Å². The highest BCUT2D eigenvalue weighted by atomic mass is 16.6. The third-order valence-electron chi connectivity index (χ3n) is 2.46. The fourth-order valence-electron chi connectivity index (χ4n) is 1.46. The van der Waals surface area contributed by atoms with Gasteiger partial charge in [0.05, 0.1) is 6.10 Å². The van der Waals surface area contributed by atoms with E-state index in [2.05, 4.69) is 0 Å². The second-order valence-electron chi connectivity index (χ2n) is 4.09. The summed E-state index contributed by atoms with van der Waals surface area (Å²) in [6.45, 7) is 0.252. The van der Waals surface area contributed by atoms with E-state index in [-0.39, 0.29) is 26.2 Å². The zero-order valence-electron chi connectivity index (χ0n) is 10.5. The molecular formula is C13H19NO4. The molecule has 0 fully saturated rings. The molecule has 1 aromatic rings. The van der Waals surface area contributed by atoms with E-state index in [1.807, 2.05) is 30.3 Å². The van der Waals surface area contributed by atoms with Crippen molar-refractivity contribution < 1.29 is 19.7 Å². The molecule has 2 N–H and O–H groups in total. The highest BCUT2D eigenvalue weighted by Gasteiger charge is 2.14. The van der Waals surface area contributed by atoms with Gasteiger partial charge in [-0.05, 0) is 12.0 Å². The highest BCUT2D eigenvalue weighted by molar-refractivity contribution is 5.67. The van der Waals surface area contributed by atoms with Crippen molar-refractivity contribution in [3.05, 3.63) is 35.9 Å². The molecule has 0 aliphatic rings. The summed E-state index contributed by atoms with van der Waals surface area (Å²) in [5.74, 6) is 0. The van der Waals surface area contributed by atoms with Gasteiger partial charge >= 0.3 is 6.09 Å². The van der Waals surface area contributed by atoms with E-state index in [0.29, 0.717) is 0 Å². The maximum Gasteiger partial charge on any atom is 0.409 e. The number of ether oxygens (including phenoxy) is 1. The van der Waals surface area contributed by atoms with Gasteiger partial charge in [0.15, 0.2) is 0 Å². The normalized spacial score (nSPS) is 11.9. The Morgan fingerprint density at radius 3 is 2.67 bits per heavy atom. The van der Waals surface area contributed by atoms with Crippen molar-refractivity contribution in [2.45, 2.75) is 19.1 Å². The number of aliphatic hydroxyl groups is 2. The van der Waals surface area contributed by atoms with Crippen LogP contribution < -0.4 is 0 Å². The van der Waals surface area contributed by atoms with E-state index in [4.69, 9.17) is 9.84 Å². The van der Waals surface area contributed by atoms with Crippen LogP contribution in [-0.4, -0.2) is 47.5 Å². The van der Waals surface area contributed by atoms with Gasteiger partial charge in [-0.2, -0.15) is 0 Å². The summed E-state index contributed by atoms with van der Waals surface area (Å²) in [5, 5.41) is 18.1. The molecule has 1 unspecified atom stereocenters. The van der Waals surface area contributed by atoms with Crippen LogP contribution in [0, 0.1) is 0 Å². The number of carbonyl (C=O) groups is 1. The van der Waals surface area contributed by atoms with Crippen molar-refractivity contribution in [1.29, 1.82) is 0 Å². The number of hydrogen-bond acceptors (Lipinski definition) is 4. The fraction of sp³-hybridized carbons (Fsp3) is 0.462. The minimum atomic E-state index is -0.732. The molecule has 5 heteroatoms. The van der Waals surface area contributed by atoms with Crippen molar-refractivity contribution in [2.24, 2.45) is 0 Å². The van der Waals surface area contributed by atoms with Crippen LogP contribution in [0.5, 0.6) is 0 Å². The Balaban J connectivity index is 2.32. The smallest absolute Gasteiger partial charge is 0.409 e. The van der Waals surface area contributed by atoms with E-state index in [9.17, 15) is 9.90 Å². The molecule has 18 heavy (non-hydrogen) atoms. The minimum Gasteiger partial charge on any atom is -0.445 e. The van der Waals surface area contributed by atoms with Crippen LogP contribution in [0.3, 0.4) is 0 Å². The molecule has 0 saturated carbocycles. The summed E-state index contributed by atoms with van der Waals surface area (Å²) in [6, 6.07) is 9.38. The molecule has 0 aromatic heterocycles. The van der Waals surface area contributed by atoms with Crippen LogP contribution in [-0.2, 0) is 11.3 Å². The zero-order valence-corrected chi connectivity index (χ0v) is 10.5. The number of benzene rings is 1. The summed E-state index contributed by atoms with van der Waals surface area (Å²) < 4.78 is 5.08. The summed E-state index contributed by atoms with van der Waals surface area (Å²) >= 11 is 0. The first-order valence-corrected chi connectivity index (χ1v) is 5.84. The Hall–Kier alpha value is -1.59. The monoisotopic (exact) mass is 253 g/mol. The van der Waals surface area contributed by atoms with Crippen molar-refractivity contribution in [1.82, 2.24) is 4.90 Å². The Morgan fingerprint density at radius 2 is 2.06 bits per heavy atom. The van der Waals surface area contributed by atoms with Crippen LogP contribution in [0.2, 0.25) is 0 Å². The number of likely N-dealkylation sites (N-methyl/N-ethyl adjacent to an activating group) is 1. The molecule has 0 saturated heterocycles. The Kier molecular flexibility index (Phi) is 6.18. The first-order chi connectivity index (χ1) is 8.63. The number of nitrogens with zero attached hydrogens (tertiary/aromatic N) is 1. The van der Waals surface area contributed by atoms with Crippen molar-refractivity contribution in [3.8, 4) is 0 Å². The second kappa shape index (κ2) is 7.68. The first-order valence-electron chi connectivity index (χ1n) is 5.84. The van der Waals surface area contributed by atoms with E-state index in [1.54, 1.807) is 7.05 Å². The van der Waals surface area contributed by atoms with Crippen molar-refractivity contribution in [2.75, 3.05) is 20.2 Å². The van der Waals surface area contributed by atoms with Crippen molar-refractivity contribution in [3.63, 3.8) is 0 Å². The third kappa shape index (κ3) is 5.16. The molecule has 0 radical (unpaired) electrons. The average molecular weight is 253 g/mol. The lowest BCUT2D eigenvalue weighted by Crippen LogP contribution is -2.35. The highest BCUT2D eigenvalue weighted by Crippen LogP contribution is 2.03. The number of amides is 1. The summed E-state index contributed by atoms with van der Waals surface area (Å²) in [7, 11) is 1.55. The van der Waals surface area contributed by atoms with Gasteiger partial charge in [-0.15, -0.1) is 0 Å². The Morgan fingerprint density at radius 1 is 1.39 bits per heavy atom. The maximum atomic E-state index is 11.6. The van der Waals surface area contributed by atoms with E-state index in [1.165, 1.54) is 4.90 Å². The maximum absolute atomic E-state index is 11.6. The molecule has 0 bridgehead atoms. The zero-order chi connectivity index (χ0) is 13.4. The van der Waals surface area contributed by atoms with Gasteiger partial charge in [0.25, 0.3) is 0 Å². The van der Waals surface area contributed by atoms with E-state index < -0.39 is 12.2 Å². The number of carbonyl (C=O) groups excluding carboxylic acids is 1. The standard InChI is InChI=1S/C13H19NO4/c1-14(9-12(16)7-8-15)13(17)18-10-11-5-3-2-4-6-11/h2-6,12,15-16H,7-10H2,1H3. The Bertz CT molecular complexity index is 355. The largest absolute Gasteiger partial charge is 0.445 e. The van der Waals surface area contributed by atoms with Gasteiger partial charge in [-0.1, -0.05) is 30.3 Å². The molecular weight excluding hydrogens is 234 g/mol. The summed E-state index contributed by atoms with van der Waals surface area (Å²) in [6.07, 6.45) is -0.976. The van der Waals surface area contributed by atoms with Crippen LogP contribution in [0.25, 0.3) is 0 Å². The predicted octanol–water partition coefficient (Wildman–Crippen LogP) is 0.998. The topological polar surface area (TPSA) is 70.0 Å². The molecule has 0 spiro atoms. The third-order valence-corrected chi connectivity index (χ3v) is 2.46. The van der Waals surface area contributed by atoms with Crippen LogP contribution >= 0.6 is 0 Å². The molecule has 1 amide bonds. The molecule has 0 aliphatic heterocycles. The minimum absolute atomic E-state index is 0.103. The number of hydrogen-bond donors (Lipinski definition) is 2. The van der Waals surface area contributed by atoms with Gasteiger partial charge in [-0.25, -0.2) is 4.79 Å². The van der Waals surface area contributed by atoms with Gasteiger partial charge in [0.2, 0.25) is 0 Å². The van der Waals surface area contributed by atoms with Crippen molar-refractivity contribution >= 4 is 6.09 Å². The summed E-state index contributed by atoms with van der Waals surface area (Å²) in [5.41, 5.74) is 0.912. The molecule has 0 aliphatic carbocycles. The molecule has 0 heterocycles. The quantitative estimate of drug-likeness (QED) is 0.793. The van der Waals surface area contributed by atoms with Crippen LogP contribution in [0.4, 0.5) is 4.79 Å². The van der Waals surface area contributed by atoms with Gasteiger partial charge < -0.3 is 19.8 Å². The van der Waals surface area contributed by atoms with Gasteiger partial charge in [0.1, 0.15) is 6.61 Å². The average Bonchev–Trinajstić information content (AvgIpc) is 2.37. The van der Waals surface area contributed by atoms with Gasteiger partial charge in [-0.3, -0.25) is 0 Å². The number of aliphatic hydroxyl groups excluding tert-OH is 2. The predicted molar refractivity (Wildman–Crippen MR) is 67.0 cm³/mol. The molecule has 1 rings (SSSR count). The lowest BCUT2D eigenvalue weighted by Gasteiger charge is -2.20. The molecule has 5 nitrogen and oxygen atoms in total. The second-order valence-corrected chi connectivity index (χ2v) is 4.09. The molecule has 1 aromatic carbocycles. The van der Waals surface area contributed by atoms with E-state index in [0.717, 1.165) is 5.56 Å². The Labute approximate surface area is 107 Å². The lowest BCUT2D eigenvalue weighted by atomic mass is 10.2. The number of rotatable bonds is 6. The first kappa shape index (κ1) is 14.5.